The highest BCUT2D eigenvalue weighted by Gasteiger charge is 2.50. The number of aliphatic hydroxyl groups excluding tert-OH is 1. The smallest absolute Gasteiger partial charge is 0.218 e. The van der Waals surface area contributed by atoms with Gasteiger partial charge in [0, 0.05) is 31.1 Å². The number of nitrogens with zero attached hydrogens (tertiary/aromatic N) is 2. The van der Waals surface area contributed by atoms with Crippen molar-refractivity contribution in [3.05, 3.63) is 95.6 Å². The average Bonchev–Trinajstić information content (AvgIpc) is 2.84. The lowest BCUT2D eigenvalue weighted by Gasteiger charge is -2.57. The highest BCUT2D eigenvalue weighted by atomic mass is 32.2. The van der Waals surface area contributed by atoms with Crippen LogP contribution in [0.1, 0.15) is 35.4 Å². The van der Waals surface area contributed by atoms with Crippen LogP contribution in [0.25, 0.3) is 11.1 Å². The van der Waals surface area contributed by atoms with Gasteiger partial charge in [-0.15, -0.1) is 0 Å². The minimum absolute atomic E-state index is 0.0276. The first-order chi connectivity index (χ1) is 17.0. The molecular weight excluding hydrogens is 456 g/mol. The number of fused-ring (bicyclic) bond motifs is 1. The summed E-state index contributed by atoms with van der Waals surface area (Å²) in [5, 5.41) is 10.2. The summed E-state index contributed by atoms with van der Waals surface area (Å²) in [5.41, 5.74) is 5.62. The van der Waals surface area contributed by atoms with Gasteiger partial charge in [0.25, 0.3) is 0 Å². The fraction of sp³-hybridized carbons (Fsp3) is 0.379. The minimum Gasteiger partial charge on any atom is -0.395 e. The van der Waals surface area contributed by atoms with E-state index in [9.17, 15) is 13.5 Å². The van der Waals surface area contributed by atoms with Crippen LogP contribution in [0, 0.1) is 6.92 Å². The van der Waals surface area contributed by atoms with Crippen molar-refractivity contribution >= 4 is 10.0 Å². The Bertz CT molecular complexity index is 1240. The van der Waals surface area contributed by atoms with Gasteiger partial charge in [-0.25, -0.2) is 12.7 Å². The molecule has 0 amide bonds. The first kappa shape index (κ1) is 24.2. The fourth-order valence-corrected chi connectivity index (χ4v) is 7.40. The van der Waals surface area contributed by atoms with E-state index in [-0.39, 0.29) is 30.4 Å². The van der Waals surface area contributed by atoms with Crippen LogP contribution in [0.2, 0.25) is 0 Å². The summed E-state index contributed by atoms with van der Waals surface area (Å²) in [5.74, 6) is 0.137. The molecule has 0 radical (unpaired) electrons. The fourth-order valence-electron chi connectivity index (χ4n) is 5.82. The summed E-state index contributed by atoms with van der Waals surface area (Å²) >= 11 is 0. The molecule has 35 heavy (non-hydrogen) atoms. The van der Waals surface area contributed by atoms with Gasteiger partial charge in [-0.3, -0.25) is 4.90 Å². The number of aryl methyl sites for hydroxylation is 1. The molecule has 0 spiro atoms. The Kier molecular flexibility index (Phi) is 7.07. The molecule has 5 rings (SSSR count). The monoisotopic (exact) mass is 490 g/mol. The Morgan fingerprint density at radius 1 is 0.886 bits per heavy atom. The predicted molar refractivity (Wildman–Crippen MR) is 141 cm³/mol. The molecule has 184 valence electrons. The second kappa shape index (κ2) is 10.2. The zero-order chi connectivity index (χ0) is 24.4. The Hall–Kier alpha value is -2.51. The van der Waals surface area contributed by atoms with Gasteiger partial charge < -0.3 is 5.11 Å². The maximum absolute atomic E-state index is 13.4. The Balaban J connectivity index is 1.39. The maximum atomic E-state index is 13.4. The predicted octanol–water partition coefficient (Wildman–Crippen LogP) is 4.42. The quantitative estimate of drug-likeness (QED) is 0.556. The molecule has 2 aliphatic rings. The molecule has 0 aromatic heterocycles. The van der Waals surface area contributed by atoms with Gasteiger partial charge in [0.15, 0.2) is 0 Å². The van der Waals surface area contributed by atoms with Gasteiger partial charge in [0.2, 0.25) is 10.0 Å². The lowest BCUT2D eigenvalue weighted by Crippen LogP contribution is -2.67. The Morgan fingerprint density at radius 3 is 2.29 bits per heavy atom. The first-order valence-electron chi connectivity index (χ1n) is 12.5. The lowest BCUT2D eigenvalue weighted by molar-refractivity contribution is -0.0554. The van der Waals surface area contributed by atoms with E-state index in [1.54, 1.807) is 4.31 Å². The summed E-state index contributed by atoms with van der Waals surface area (Å²) in [7, 11) is -3.43. The van der Waals surface area contributed by atoms with Gasteiger partial charge in [0.05, 0.1) is 12.4 Å². The number of benzene rings is 3. The highest BCUT2D eigenvalue weighted by molar-refractivity contribution is 7.88. The third kappa shape index (κ3) is 4.94. The number of hydrogen-bond donors (Lipinski definition) is 1. The summed E-state index contributed by atoms with van der Waals surface area (Å²) < 4.78 is 28.5. The second-order valence-electron chi connectivity index (χ2n) is 9.82. The van der Waals surface area contributed by atoms with Crippen LogP contribution in [-0.4, -0.2) is 61.1 Å². The Morgan fingerprint density at radius 2 is 1.57 bits per heavy atom. The zero-order valence-corrected chi connectivity index (χ0v) is 21.1. The molecule has 0 saturated carbocycles. The van der Waals surface area contributed by atoms with E-state index in [4.69, 9.17) is 0 Å². The van der Waals surface area contributed by atoms with Crippen molar-refractivity contribution < 1.29 is 13.5 Å². The van der Waals surface area contributed by atoms with Crippen LogP contribution < -0.4 is 0 Å². The highest BCUT2D eigenvalue weighted by Crippen LogP contribution is 2.42. The van der Waals surface area contributed by atoms with Gasteiger partial charge in [-0.2, -0.15) is 0 Å². The van der Waals surface area contributed by atoms with E-state index < -0.39 is 10.0 Å². The van der Waals surface area contributed by atoms with Crippen molar-refractivity contribution in [3.63, 3.8) is 0 Å². The van der Waals surface area contributed by atoms with Crippen molar-refractivity contribution in [2.24, 2.45) is 0 Å². The molecule has 3 aromatic rings. The average molecular weight is 491 g/mol. The van der Waals surface area contributed by atoms with Crippen LogP contribution >= 0.6 is 0 Å². The zero-order valence-electron chi connectivity index (χ0n) is 20.3. The molecule has 6 heteroatoms. The summed E-state index contributed by atoms with van der Waals surface area (Å²) in [6.07, 6.45) is 1.77. The van der Waals surface area contributed by atoms with Crippen LogP contribution in [0.15, 0.2) is 78.9 Å². The van der Waals surface area contributed by atoms with Crippen LogP contribution in [0.3, 0.4) is 0 Å². The lowest BCUT2D eigenvalue weighted by atomic mass is 9.74. The van der Waals surface area contributed by atoms with E-state index in [0.717, 1.165) is 24.9 Å². The summed E-state index contributed by atoms with van der Waals surface area (Å²) in [4.78, 5) is 2.32. The van der Waals surface area contributed by atoms with E-state index in [1.807, 2.05) is 36.4 Å². The van der Waals surface area contributed by atoms with E-state index >= 15 is 0 Å². The van der Waals surface area contributed by atoms with Crippen LogP contribution in [0.4, 0.5) is 0 Å². The van der Waals surface area contributed by atoms with Gasteiger partial charge in [-0.1, -0.05) is 78.9 Å². The molecule has 0 bridgehead atoms. The first-order valence-corrected chi connectivity index (χ1v) is 14.1. The Labute approximate surface area is 209 Å². The second-order valence-corrected chi connectivity index (χ2v) is 11.8. The SMILES string of the molecule is Cc1ccccc1-c1ccc([C@H]2[C@@H](CO)N3CCCCN(S(=O)(=O)Cc4ccccc4)C[C@@H]23)cc1. The molecular formula is C29H34N2O3S. The molecule has 0 aliphatic carbocycles. The molecule has 3 aromatic carbocycles. The van der Waals surface area contributed by atoms with Crippen molar-refractivity contribution in [1.29, 1.82) is 0 Å². The molecule has 2 heterocycles. The number of hydrogen-bond acceptors (Lipinski definition) is 4. The molecule has 5 nitrogen and oxygen atoms in total. The van der Waals surface area contributed by atoms with Crippen molar-refractivity contribution in [1.82, 2.24) is 9.21 Å². The minimum atomic E-state index is -3.43. The third-order valence-electron chi connectivity index (χ3n) is 7.67. The number of rotatable bonds is 6. The summed E-state index contributed by atoms with van der Waals surface area (Å²) in [6, 6.07) is 26.5. The summed E-state index contributed by atoms with van der Waals surface area (Å²) in [6.45, 7) is 4.13. The standard InChI is InChI=1S/C29H34N2O3S/c1-22-9-5-6-12-26(22)24-13-15-25(16-14-24)29-27-19-30(17-7-8-18-31(27)28(29)20-32)35(33,34)21-23-10-3-2-4-11-23/h2-6,9-16,27-29,32H,7-8,17-21H2,1H3/t27-,28+,29+/m0/s1. The topological polar surface area (TPSA) is 60.9 Å². The molecule has 2 saturated heterocycles. The van der Waals surface area contributed by atoms with Gasteiger partial charge in [0.1, 0.15) is 0 Å². The third-order valence-corrected chi connectivity index (χ3v) is 9.49. The van der Waals surface area contributed by atoms with E-state index in [2.05, 4.69) is 54.3 Å². The van der Waals surface area contributed by atoms with Crippen molar-refractivity contribution in [2.45, 2.75) is 43.5 Å². The molecule has 1 N–H and O–H groups in total. The van der Waals surface area contributed by atoms with Crippen LogP contribution in [-0.2, 0) is 15.8 Å². The molecule has 3 atom stereocenters. The molecule has 0 unspecified atom stereocenters. The number of sulfonamides is 1. The van der Waals surface area contributed by atoms with Gasteiger partial charge >= 0.3 is 0 Å². The number of aliphatic hydroxyl groups is 1. The van der Waals surface area contributed by atoms with Crippen molar-refractivity contribution in [3.8, 4) is 11.1 Å². The normalized spacial score (nSPS) is 23.7. The van der Waals surface area contributed by atoms with E-state index in [0.29, 0.717) is 13.1 Å². The van der Waals surface area contributed by atoms with Crippen LogP contribution in [0.5, 0.6) is 0 Å². The van der Waals surface area contributed by atoms with Gasteiger partial charge in [-0.05, 0) is 54.1 Å². The molecule has 2 aliphatic heterocycles. The van der Waals surface area contributed by atoms with E-state index in [1.165, 1.54) is 22.3 Å². The maximum Gasteiger partial charge on any atom is 0.218 e. The largest absolute Gasteiger partial charge is 0.395 e. The molecule has 2 fully saturated rings. The van der Waals surface area contributed by atoms with Crippen molar-refractivity contribution in [2.75, 3.05) is 26.2 Å².